The lowest BCUT2D eigenvalue weighted by Crippen LogP contribution is -2.42. The second-order valence-electron chi connectivity index (χ2n) is 6.45. The number of hydrogen-bond donors (Lipinski definition) is 0. The summed E-state index contributed by atoms with van der Waals surface area (Å²) in [7, 11) is 1.77. The minimum atomic E-state index is -0.200. The third-order valence-electron chi connectivity index (χ3n) is 4.41. The molecule has 1 atom stereocenters. The van der Waals surface area contributed by atoms with Crippen LogP contribution in [0.25, 0.3) is 10.8 Å². The number of oxazole rings is 1. The van der Waals surface area contributed by atoms with Crippen molar-refractivity contribution in [1.29, 1.82) is 0 Å². The summed E-state index contributed by atoms with van der Waals surface area (Å²) in [6.45, 7) is 2.70. The molecule has 1 aliphatic rings. The molecular weight excluding hydrogens is 364 g/mol. The predicted octanol–water partition coefficient (Wildman–Crippen LogP) is 3.55. The van der Waals surface area contributed by atoms with E-state index in [0.29, 0.717) is 36.2 Å². The molecule has 27 heavy (non-hydrogen) atoms. The zero-order valence-electron chi connectivity index (χ0n) is 15.2. The van der Waals surface area contributed by atoms with Crippen molar-refractivity contribution in [2.24, 2.45) is 0 Å². The fourth-order valence-corrected chi connectivity index (χ4v) is 3.59. The van der Waals surface area contributed by atoms with Gasteiger partial charge in [0.15, 0.2) is 17.6 Å². The first-order chi connectivity index (χ1) is 13.1. The summed E-state index contributed by atoms with van der Waals surface area (Å²) in [5, 5.41) is 1.97. The van der Waals surface area contributed by atoms with Crippen LogP contribution < -0.4 is 9.47 Å². The van der Waals surface area contributed by atoms with Gasteiger partial charge in [-0.25, -0.2) is 4.98 Å². The number of aromatic nitrogens is 1. The molecule has 0 N–H and O–H groups in total. The quantitative estimate of drug-likeness (QED) is 0.673. The van der Waals surface area contributed by atoms with Crippen LogP contribution in [0.3, 0.4) is 0 Å². The number of benzene rings is 1. The highest BCUT2D eigenvalue weighted by atomic mass is 32.1. The normalized spacial score (nSPS) is 15.6. The summed E-state index contributed by atoms with van der Waals surface area (Å²) in [5.74, 6) is 2.65. The highest BCUT2D eigenvalue weighted by Gasteiger charge is 2.24. The van der Waals surface area contributed by atoms with E-state index in [1.807, 2.05) is 48.7 Å². The molecule has 4 rings (SSSR count). The number of aryl methyl sites for hydroxylation is 1. The van der Waals surface area contributed by atoms with Gasteiger partial charge in [-0.2, -0.15) is 0 Å². The van der Waals surface area contributed by atoms with Gasteiger partial charge in [-0.15, -0.1) is 11.3 Å². The maximum absolute atomic E-state index is 12.6. The van der Waals surface area contributed by atoms with Gasteiger partial charge < -0.3 is 18.8 Å². The highest BCUT2D eigenvalue weighted by Crippen LogP contribution is 2.31. The van der Waals surface area contributed by atoms with Crippen LogP contribution in [0.15, 0.2) is 46.2 Å². The topological polar surface area (TPSA) is 64.8 Å². The van der Waals surface area contributed by atoms with E-state index in [-0.39, 0.29) is 18.4 Å². The molecule has 0 aliphatic carbocycles. The lowest BCUT2D eigenvalue weighted by atomic mass is 10.2. The van der Waals surface area contributed by atoms with Gasteiger partial charge in [0.05, 0.1) is 23.5 Å². The van der Waals surface area contributed by atoms with E-state index in [1.165, 1.54) is 0 Å². The van der Waals surface area contributed by atoms with Crippen molar-refractivity contribution < 1.29 is 18.7 Å². The number of fused-ring (bicyclic) bond motifs is 1. The summed E-state index contributed by atoms with van der Waals surface area (Å²) in [5.41, 5.74) is 0.668. The Morgan fingerprint density at radius 2 is 2.07 bits per heavy atom. The molecule has 0 bridgehead atoms. The average molecular weight is 384 g/mol. The maximum atomic E-state index is 12.6. The predicted molar refractivity (Wildman–Crippen MR) is 102 cm³/mol. The molecule has 0 radical (unpaired) electrons. The lowest BCUT2D eigenvalue weighted by molar-refractivity contribution is -0.130. The van der Waals surface area contributed by atoms with E-state index in [1.54, 1.807) is 23.3 Å². The molecule has 0 saturated carbocycles. The molecule has 2 aromatic heterocycles. The zero-order valence-corrected chi connectivity index (χ0v) is 16.0. The van der Waals surface area contributed by atoms with Gasteiger partial charge in [0.2, 0.25) is 11.8 Å². The second-order valence-corrected chi connectivity index (χ2v) is 7.40. The van der Waals surface area contributed by atoms with Crippen molar-refractivity contribution in [3.05, 3.63) is 53.2 Å². The van der Waals surface area contributed by atoms with Gasteiger partial charge in [0.25, 0.3) is 0 Å². The number of ether oxygens (including phenoxy) is 2. The summed E-state index contributed by atoms with van der Waals surface area (Å²) in [4.78, 5) is 19.7. The minimum Gasteiger partial charge on any atom is -0.486 e. The number of thiophene rings is 1. The maximum Gasteiger partial charge on any atom is 0.236 e. The smallest absolute Gasteiger partial charge is 0.236 e. The molecule has 6 nitrogen and oxygen atoms in total. The molecule has 0 saturated heterocycles. The molecular formula is C20H20N2O4S. The molecule has 7 heteroatoms. The van der Waals surface area contributed by atoms with Gasteiger partial charge in [-0.1, -0.05) is 18.2 Å². The minimum absolute atomic E-state index is 0.0356. The van der Waals surface area contributed by atoms with Crippen LogP contribution in [0.4, 0.5) is 0 Å². The SMILES string of the molecule is Cc1oc(-c2cccs2)nc1CC(=O)N(C)CC1COc2ccccc2O1. The van der Waals surface area contributed by atoms with Gasteiger partial charge in [-0.3, -0.25) is 4.79 Å². The summed E-state index contributed by atoms with van der Waals surface area (Å²) >= 11 is 1.56. The van der Waals surface area contributed by atoms with Gasteiger partial charge >= 0.3 is 0 Å². The Hall–Kier alpha value is -2.80. The molecule has 0 fully saturated rings. The van der Waals surface area contributed by atoms with Crippen molar-refractivity contribution in [2.75, 3.05) is 20.2 Å². The van der Waals surface area contributed by atoms with Gasteiger partial charge in [0.1, 0.15) is 12.4 Å². The first kappa shape index (κ1) is 17.6. The van der Waals surface area contributed by atoms with Crippen molar-refractivity contribution >= 4 is 17.2 Å². The van der Waals surface area contributed by atoms with Crippen molar-refractivity contribution in [1.82, 2.24) is 9.88 Å². The van der Waals surface area contributed by atoms with Crippen molar-refractivity contribution in [2.45, 2.75) is 19.4 Å². The summed E-state index contributed by atoms with van der Waals surface area (Å²) in [6, 6.07) is 11.4. The first-order valence-corrected chi connectivity index (χ1v) is 9.61. The van der Waals surface area contributed by atoms with E-state index in [9.17, 15) is 4.79 Å². The van der Waals surface area contributed by atoms with Crippen LogP contribution in [0.1, 0.15) is 11.5 Å². The third kappa shape index (κ3) is 3.83. The monoisotopic (exact) mass is 384 g/mol. The number of hydrogen-bond acceptors (Lipinski definition) is 6. The van der Waals surface area contributed by atoms with E-state index >= 15 is 0 Å². The molecule has 140 valence electrons. The fourth-order valence-electron chi connectivity index (χ4n) is 2.94. The summed E-state index contributed by atoms with van der Waals surface area (Å²) in [6.07, 6.45) is -0.00425. The standard InChI is InChI=1S/C20H20N2O4S/c1-13-15(21-20(25-13)18-8-5-9-27-18)10-19(23)22(2)11-14-12-24-16-6-3-4-7-17(16)26-14/h3-9,14H,10-12H2,1-2H3. The Kier molecular flexibility index (Phi) is 4.85. The molecule has 3 heterocycles. The number of likely N-dealkylation sites (N-methyl/N-ethyl adjacent to an activating group) is 1. The fraction of sp³-hybridized carbons (Fsp3) is 0.300. The number of amides is 1. The van der Waals surface area contributed by atoms with Crippen LogP contribution in [0.5, 0.6) is 11.5 Å². The molecule has 1 amide bonds. The number of rotatable bonds is 5. The van der Waals surface area contributed by atoms with Crippen LogP contribution in [-0.4, -0.2) is 42.1 Å². The van der Waals surface area contributed by atoms with Crippen LogP contribution >= 0.6 is 11.3 Å². The highest BCUT2D eigenvalue weighted by molar-refractivity contribution is 7.13. The Morgan fingerprint density at radius 3 is 2.85 bits per heavy atom. The Balaban J connectivity index is 1.37. The number of carbonyl (C=O) groups is 1. The van der Waals surface area contributed by atoms with E-state index < -0.39 is 0 Å². The largest absolute Gasteiger partial charge is 0.486 e. The molecule has 1 aromatic carbocycles. The molecule has 3 aromatic rings. The Morgan fingerprint density at radius 1 is 1.26 bits per heavy atom. The Bertz CT molecular complexity index is 935. The van der Waals surface area contributed by atoms with Gasteiger partial charge in [-0.05, 0) is 30.5 Å². The summed E-state index contributed by atoms with van der Waals surface area (Å²) < 4.78 is 17.4. The van der Waals surface area contributed by atoms with Crippen LogP contribution in [0.2, 0.25) is 0 Å². The van der Waals surface area contributed by atoms with E-state index in [4.69, 9.17) is 13.9 Å². The van der Waals surface area contributed by atoms with Crippen LogP contribution in [0, 0.1) is 6.92 Å². The molecule has 1 aliphatic heterocycles. The number of nitrogens with zero attached hydrogens (tertiary/aromatic N) is 2. The van der Waals surface area contributed by atoms with Crippen LogP contribution in [-0.2, 0) is 11.2 Å². The third-order valence-corrected chi connectivity index (χ3v) is 5.27. The Labute approximate surface area is 161 Å². The average Bonchev–Trinajstić information content (AvgIpc) is 3.32. The first-order valence-electron chi connectivity index (χ1n) is 8.73. The lowest BCUT2D eigenvalue weighted by Gasteiger charge is -2.29. The molecule has 1 unspecified atom stereocenters. The molecule has 0 spiro atoms. The van der Waals surface area contributed by atoms with E-state index in [0.717, 1.165) is 10.6 Å². The number of para-hydroxylation sites is 2. The van der Waals surface area contributed by atoms with Gasteiger partial charge in [0, 0.05) is 7.05 Å². The number of carbonyl (C=O) groups excluding carboxylic acids is 1. The van der Waals surface area contributed by atoms with E-state index in [2.05, 4.69) is 4.98 Å². The second kappa shape index (κ2) is 7.44. The van der Waals surface area contributed by atoms with Crippen molar-refractivity contribution in [3.8, 4) is 22.3 Å². The zero-order chi connectivity index (χ0) is 18.8. The van der Waals surface area contributed by atoms with Crippen molar-refractivity contribution in [3.63, 3.8) is 0 Å².